The van der Waals surface area contributed by atoms with Crippen molar-refractivity contribution in [1.29, 1.82) is 0 Å². The summed E-state index contributed by atoms with van der Waals surface area (Å²) in [5.41, 5.74) is 2.72. The van der Waals surface area contributed by atoms with E-state index in [4.69, 9.17) is 9.40 Å². The molecule has 0 spiro atoms. The number of nitrogens with zero attached hydrogens (tertiary/aromatic N) is 4. The number of benzene rings is 2. The fourth-order valence-electron chi connectivity index (χ4n) is 3.13. The number of para-hydroxylation sites is 1. The van der Waals surface area contributed by atoms with Crippen molar-refractivity contribution in [2.45, 2.75) is 44.1 Å². The highest BCUT2D eigenvalue weighted by Gasteiger charge is 2.17. The highest BCUT2D eigenvalue weighted by atomic mass is 32.2. The van der Waals surface area contributed by atoms with E-state index in [0.29, 0.717) is 33.6 Å². The van der Waals surface area contributed by atoms with Crippen molar-refractivity contribution in [3.8, 4) is 11.5 Å². The van der Waals surface area contributed by atoms with E-state index in [2.05, 4.69) is 17.1 Å². The zero-order chi connectivity index (χ0) is 20.4. The van der Waals surface area contributed by atoms with E-state index in [9.17, 15) is 4.79 Å². The zero-order valence-electron chi connectivity index (χ0n) is 16.6. The van der Waals surface area contributed by atoms with Crippen molar-refractivity contribution in [2.24, 2.45) is 0 Å². The van der Waals surface area contributed by atoms with Crippen molar-refractivity contribution in [2.75, 3.05) is 0 Å². The normalized spacial score (nSPS) is 12.4. The highest BCUT2D eigenvalue weighted by Crippen LogP contribution is 2.26. The molecule has 2 aromatic heterocycles. The van der Waals surface area contributed by atoms with E-state index in [1.807, 2.05) is 62.4 Å². The lowest BCUT2D eigenvalue weighted by Gasteiger charge is -2.17. The van der Waals surface area contributed by atoms with Crippen LogP contribution in [0.3, 0.4) is 0 Å². The molecule has 148 valence electrons. The molecule has 2 heterocycles. The number of rotatable bonds is 6. The van der Waals surface area contributed by atoms with Crippen LogP contribution in [0.1, 0.15) is 37.8 Å². The van der Waals surface area contributed by atoms with Gasteiger partial charge in [-0.3, -0.25) is 9.36 Å². The van der Waals surface area contributed by atoms with E-state index >= 15 is 0 Å². The quantitative estimate of drug-likeness (QED) is 0.331. The van der Waals surface area contributed by atoms with Gasteiger partial charge in [-0.2, -0.15) is 0 Å². The van der Waals surface area contributed by atoms with Crippen molar-refractivity contribution in [3.63, 3.8) is 0 Å². The maximum Gasteiger partial charge on any atom is 0.262 e. The van der Waals surface area contributed by atoms with Crippen LogP contribution < -0.4 is 5.56 Å². The third kappa shape index (κ3) is 3.96. The Morgan fingerprint density at radius 3 is 2.76 bits per heavy atom. The Balaban J connectivity index is 1.64. The predicted molar refractivity (Wildman–Crippen MR) is 115 cm³/mol. The molecule has 0 N–H and O–H groups in total. The van der Waals surface area contributed by atoms with Gasteiger partial charge in [-0.15, -0.1) is 10.2 Å². The van der Waals surface area contributed by atoms with Gasteiger partial charge in [-0.1, -0.05) is 48.5 Å². The maximum absolute atomic E-state index is 13.0. The van der Waals surface area contributed by atoms with Gasteiger partial charge in [0.15, 0.2) is 5.16 Å². The van der Waals surface area contributed by atoms with Crippen LogP contribution in [0.4, 0.5) is 0 Å². The lowest BCUT2D eigenvalue weighted by Crippen LogP contribution is -2.26. The Bertz CT molecular complexity index is 1210. The number of aromatic nitrogens is 4. The summed E-state index contributed by atoms with van der Waals surface area (Å²) < 4.78 is 7.60. The summed E-state index contributed by atoms with van der Waals surface area (Å²) in [5.74, 6) is 1.44. The largest absolute Gasteiger partial charge is 0.420 e. The van der Waals surface area contributed by atoms with E-state index in [-0.39, 0.29) is 11.6 Å². The summed E-state index contributed by atoms with van der Waals surface area (Å²) in [6.07, 6.45) is 0.839. The van der Waals surface area contributed by atoms with Gasteiger partial charge in [-0.25, -0.2) is 4.98 Å². The first-order chi connectivity index (χ1) is 14.1. The molecule has 0 aliphatic heterocycles. The molecule has 0 amide bonds. The fourth-order valence-corrected chi connectivity index (χ4v) is 4.07. The molecule has 0 radical (unpaired) electrons. The molecule has 2 aromatic carbocycles. The molecule has 29 heavy (non-hydrogen) atoms. The molecule has 0 saturated carbocycles. The van der Waals surface area contributed by atoms with Crippen LogP contribution in [0.2, 0.25) is 0 Å². The average molecular weight is 407 g/mol. The second kappa shape index (κ2) is 8.21. The zero-order valence-corrected chi connectivity index (χ0v) is 17.4. The Labute approximate surface area is 173 Å². The topological polar surface area (TPSA) is 73.8 Å². The molecular weight excluding hydrogens is 384 g/mol. The lowest BCUT2D eigenvalue weighted by molar-refractivity contribution is 0.467. The monoisotopic (exact) mass is 406 g/mol. The van der Waals surface area contributed by atoms with Crippen molar-refractivity contribution < 1.29 is 4.42 Å². The molecule has 6 nitrogen and oxygen atoms in total. The van der Waals surface area contributed by atoms with E-state index in [1.54, 1.807) is 4.57 Å². The van der Waals surface area contributed by atoms with Crippen molar-refractivity contribution >= 4 is 22.7 Å². The standard InChI is InChI=1S/C22H22N4O2S/c1-4-15(3)26-21(27)17-10-5-6-11-18(17)23-22(26)29-13-19-24-25-20(28-19)16-9-7-8-14(2)12-16/h5-12,15H,4,13H2,1-3H3/t15-/m1/s1. The van der Waals surface area contributed by atoms with Crippen molar-refractivity contribution in [1.82, 2.24) is 19.7 Å². The lowest BCUT2D eigenvalue weighted by atomic mass is 10.1. The third-order valence-electron chi connectivity index (χ3n) is 4.86. The van der Waals surface area contributed by atoms with E-state index in [1.165, 1.54) is 11.8 Å². The molecule has 0 bridgehead atoms. The average Bonchev–Trinajstić information content (AvgIpc) is 3.21. The van der Waals surface area contributed by atoms with Gasteiger partial charge in [0.25, 0.3) is 5.56 Å². The molecule has 0 aliphatic carbocycles. The second-order valence-corrected chi connectivity index (χ2v) is 7.95. The summed E-state index contributed by atoms with van der Waals surface area (Å²) in [6.45, 7) is 6.12. The molecule has 0 fully saturated rings. The minimum absolute atomic E-state index is 0.0153. The van der Waals surface area contributed by atoms with Crippen molar-refractivity contribution in [3.05, 3.63) is 70.3 Å². The van der Waals surface area contributed by atoms with Crippen LogP contribution in [0.15, 0.2) is 62.9 Å². The van der Waals surface area contributed by atoms with Gasteiger partial charge in [0.1, 0.15) is 0 Å². The third-order valence-corrected chi connectivity index (χ3v) is 5.80. The molecule has 0 unspecified atom stereocenters. The molecule has 1 atom stereocenters. The predicted octanol–water partition coefficient (Wildman–Crippen LogP) is 5.02. The number of hydrogen-bond acceptors (Lipinski definition) is 6. The summed E-state index contributed by atoms with van der Waals surface area (Å²) in [7, 11) is 0. The van der Waals surface area contributed by atoms with E-state index in [0.717, 1.165) is 17.5 Å². The van der Waals surface area contributed by atoms with Gasteiger partial charge in [0, 0.05) is 11.6 Å². The number of thioether (sulfide) groups is 1. The van der Waals surface area contributed by atoms with Gasteiger partial charge in [0.2, 0.25) is 11.8 Å². The van der Waals surface area contributed by atoms with Gasteiger partial charge < -0.3 is 4.42 Å². The van der Waals surface area contributed by atoms with Crippen LogP contribution in [-0.2, 0) is 5.75 Å². The molecule has 0 saturated heterocycles. The van der Waals surface area contributed by atoms with Gasteiger partial charge in [0.05, 0.1) is 16.7 Å². The SMILES string of the molecule is CC[C@@H](C)n1c(SCc2nnc(-c3cccc(C)c3)o2)nc2ccccc2c1=O. The van der Waals surface area contributed by atoms with Gasteiger partial charge >= 0.3 is 0 Å². The summed E-state index contributed by atoms with van der Waals surface area (Å²) in [4.78, 5) is 17.8. The van der Waals surface area contributed by atoms with Crippen LogP contribution in [0.25, 0.3) is 22.4 Å². The molecular formula is C22H22N4O2S. The van der Waals surface area contributed by atoms with Crippen LogP contribution in [0.5, 0.6) is 0 Å². The maximum atomic E-state index is 13.0. The summed E-state index contributed by atoms with van der Waals surface area (Å²) in [5, 5.41) is 9.63. The molecule has 4 rings (SSSR count). The minimum Gasteiger partial charge on any atom is -0.420 e. The Hall–Kier alpha value is -2.93. The first-order valence-corrected chi connectivity index (χ1v) is 10.6. The molecule has 7 heteroatoms. The van der Waals surface area contributed by atoms with Crippen LogP contribution in [0, 0.1) is 6.92 Å². The molecule has 4 aromatic rings. The number of fused-ring (bicyclic) bond motifs is 1. The molecule has 0 aliphatic rings. The smallest absolute Gasteiger partial charge is 0.262 e. The Kier molecular flexibility index (Phi) is 5.49. The summed E-state index contributed by atoms with van der Waals surface area (Å²) in [6, 6.07) is 15.4. The van der Waals surface area contributed by atoms with E-state index < -0.39 is 0 Å². The second-order valence-electron chi connectivity index (χ2n) is 7.00. The highest BCUT2D eigenvalue weighted by molar-refractivity contribution is 7.98. The van der Waals surface area contributed by atoms with Gasteiger partial charge in [-0.05, 0) is 44.5 Å². The first-order valence-electron chi connectivity index (χ1n) is 9.60. The summed E-state index contributed by atoms with van der Waals surface area (Å²) >= 11 is 1.44. The number of aryl methyl sites for hydroxylation is 1. The Morgan fingerprint density at radius 2 is 1.97 bits per heavy atom. The van der Waals surface area contributed by atoms with Crippen LogP contribution >= 0.6 is 11.8 Å². The minimum atomic E-state index is -0.0153. The first kappa shape index (κ1) is 19.4. The van der Waals surface area contributed by atoms with Crippen LogP contribution in [-0.4, -0.2) is 19.7 Å². The fraction of sp³-hybridized carbons (Fsp3) is 0.273. The Morgan fingerprint density at radius 1 is 1.14 bits per heavy atom. The number of hydrogen-bond donors (Lipinski definition) is 0.